The zero-order valence-corrected chi connectivity index (χ0v) is 19.1. The number of carbonyl (C=O) groups excluding carboxylic acids is 2. The Morgan fingerprint density at radius 1 is 1.03 bits per heavy atom. The molecule has 29 heavy (non-hydrogen) atoms. The van der Waals surface area contributed by atoms with Crippen molar-refractivity contribution in [3.05, 3.63) is 50.4 Å². The highest BCUT2D eigenvalue weighted by Gasteiger charge is 2.12. The average Bonchev–Trinajstić information content (AvgIpc) is 2.71. The van der Waals surface area contributed by atoms with E-state index < -0.39 is 11.8 Å². The van der Waals surface area contributed by atoms with Crippen LogP contribution in [-0.2, 0) is 4.79 Å². The molecule has 0 unspecified atom stereocenters. The van der Waals surface area contributed by atoms with E-state index in [-0.39, 0.29) is 6.54 Å². The number of nitrogens with zero attached hydrogens (tertiary/aromatic N) is 1. The van der Waals surface area contributed by atoms with Crippen molar-refractivity contribution in [2.45, 2.75) is 0 Å². The number of hydrazone groups is 1. The summed E-state index contributed by atoms with van der Waals surface area (Å²) in [6, 6.07) is 8.34. The summed E-state index contributed by atoms with van der Waals surface area (Å²) < 4.78 is 17.2. The molecule has 10 heteroatoms. The van der Waals surface area contributed by atoms with Crippen LogP contribution >= 0.6 is 31.9 Å². The second kappa shape index (κ2) is 10.8. The highest BCUT2D eigenvalue weighted by molar-refractivity contribution is 9.11. The summed E-state index contributed by atoms with van der Waals surface area (Å²) in [7, 11) is 4.52. The summed E-state index contributed by atoms with van der Waals surface area (Å²) in [5.74, 6) is 0.591. The van der Waals surface area contributed by atoms with Gasteiger partial charge in [-0.05, 0) is 46.3 Å². The molecule has 0 aromatic heterocycles. The number of rotatable bonds is 8. The lowest BCUT2D eigenvalue weighted by molar-refractivity contribution is -0.120. The topological polar surface area (TPSA) is 98.2 Å². The summed E-state index contributed by atoms with van der Waals surface area (Å²) in [5, 5.41) is 6.42. The number of hydrogen-bond acceptors (Lipinski definition) is 6. The third kappa shape index (κ3) is 6.20. The predicted molar refractivity (Wildman–Crippen MR) is 116 cm³/mol. The minimum absolute atomic E-state index is 0.246. The molecule has 0 fully saturated rings. The molecule has 154 valence electrons. The molecule has 0 saturated heterocycles. The summed E-state index contributed by atoms with van der Waals surface area (Å²) >= 11 is 6.77. The molecule has 0 heterocycles. The number of amides is 2. The Bertz CT molecular complexity index is 934. The maximum Gasteiger partial charge on any atom is 0.259 e. The minimum atomic E-state index is -0.483. The van der Waals surface area contributed by atoms with Gasteiger partial charge in [-0.1, -0.05) is 15.9 Å². The van der Waals surface area contributed by atoms with Crippen molar-refractivity contribution in [3.8, 4) is 17.2 Å². The van der Waals surface area contributed by atoms with Crippen LogP contribution in [0.4, 0.5) is 0 Å². The van der Waals surface area contributed by atoms with E-state index in [1.165, 1.54) is 33.6 Å². The van der Waals surface area contributed by atoms with E-state index in [0.29, 0.717) is 28.4 Å². The van der Waals surface area contributed by atoms with Crippen molar-refractivity contribution in [3.63, 3.8) is 0 Å². The largest absolute Gasteiger partial charge is 0.495 e. The molecule has 0 atom stereocenters. The molecule has 0 aliphatic carbocycles. The minimum Gasteiger partial charge on any atom is -0.495 e. The molecule has 0 aliphatic rings. The highest BCUT2D eigenvalue weighted by Crippen LogP contribution is 2.31. The molecule has 0 spiro atoms. The Morgan fingerprint density at radius 3 is 2.41 bits per heavy atom. The Hall–Kier alpha value is -2.59. The molecule has 2 aromatic rings. The predicted octanol–water partition coefficient (Wildman–Crippen LogP) is 3.12. The molecule has 2 rings (SSSR count). The van der Waals surface area contributed by atoms with Gasteiger partial charge in [-0.25, -0.2) is 5.43 Å². The van der Waals surface area contributed by atoms with Gasteiger partial charge in [-0.2, -0.15) is 5.10 Å². The van der Waals surface area contributed by atoms with Gasteiger partial charge >= 0.3 is 0 Å². The summed E-state index contributed by atoms with van der Waals surface area (Å²) in [5.41, 5.74) is 3.35. The first-order valence-corrected chi connectivity index (χ1v) is 9.83. The second-order valence-electron chi connectivity index (χ2n) is 5.56. The smallest absolute Gasteiger partial charge is 0.259 e. The number of hydrogen-bond donors (Lipinski definition) is 2. The SMILES string of the molecule is COc1ccc(C(=O)NCC(=O)N/N=C/c2cc(Br)cc(Br)c2OC)cc1OC. The summed E-state index contributed by atoms with van der Waals surface area (Å²) in [6.45, 7) is -0.246. The molecular formula is C19H19Br2N3O5. The van der Waals surface area contributed by atoms with Crippen molar-refractivity contribution in [2.24, 2.45) is 5.10 Å². The van der Waals surface area contributed by atoms with Gasteiger partial charge < -0.3 is 19.5 Å². The van der Waals surface area contributed by atoms with Crippen LogP contribution in [-0.4, -0.2) is 45.9 Å². The number of benzene rings is 2. The van der Waals surface area contributed by atoms with Crippen molar-refractivity contribution >= 4 is 49.9 Å². The van der Waals surface area contributed by atoms with Gasteiger partial charge in [0.15, 0.2) is 11.5 Å². The Balaban J connectivity index is 1.94. The Labute approximate surface area is 184 Å². The fourth-order valence-corrected chi connectivity index (χ4v) is 3.77. The molecule has 0 aliphatic heterocycles. The van der Waals surface area contributed by atoms with Crippen LogP contribution in [0.3, 0.4) is 0 Å². The number of methoxy groups -OCH3 is 3. The fourth-order valence-electron chi connectivity index (χ4n) is 2.34. The molecule has 0 saturated carbocycles. The standard InChI is InChI=1S/C19H19Br2N3O5/c1-27-15-5-4-11(7-16(15)28-2)19(26)22-10-17(25)24-23-9-12-6-13(20)8-14(21)18(12)29-3/h4-9H,10H2,1-3H3,(H,22,26)(H,24,25)/b23-9+. The van der Waals surface area contributed by atoms with Crippen molar-refractivity contribution in [2.75, 3.05) is 27.9 Å². The van der Waals surface area contributed by atoms with Crippen LogP contribution in [0.25, 0.3) is 0 Å². The molecular weight excluding hydrogens is 510 g/mol. The van der Waals surface area contributed by atoms with E-state index in [1.807, 2.05) is 6.07 Å². The maximum atomic E-state index is 12.2. The first-order valence-electron chi connectivity index (χ1n) is 8.24. The van der Waals surface area contributed by atoms with Crippen LogP contribution in [0.5, 0.6) is 17.2 Å². The van der Waals surface area contributed by atoms with E-state index in [2.05, 4.69) is 47.7 Å². The monoisotopic (exact) mass is 527 g/mol. The van der Waals surface area contributed by atoms with Crippen molar-refractivity contribution in [1.82, 2.24) is 10.7 Å². The van der Waals surface area contributed by atoms with Gasteiger partial charge in [0, 0.05) is 15.6 Å². The van der Waals surface area contributed by atoms with Crippen molar-refractivity contribution in [1.29, 1.82) is 0 Å². The number of carbonyl (C=O) groups is 2. The van der Waals surface area contributed by atoms with Gasteiger partial charge in [-0.15, -0.1) is 0 Å². The summed E-state index contributed by atoms with van der Waals surface area (Å²) in [4.78, 5) is 24.2. The van der Waals surface area contributed by atoms with E-state index in [4.69, 9.17) is 14.2 Å². The zero-order valence-electron chi connectivity index (χ0n) is 15.9. The summed E-state index contributed by atoms with van der Waals surface area (Å²) in [6.07, 6.45) is 1.45. The van der Waals surface area contributed by atoms with E-state index in [9.17, 15) is 9.59 Å². The third-order valence-electron chi connectivity index (χ3n) is 3.69. The average molecular weight is 529 g/mol. The molecule has 0 radical (unpaired) electrons. The van der Waals surface area contributed by atoms with E-state index in [1.54, 1.807) is 18.2 Å². The van der Waals surface area contributed by atoms with Gasteiger partial charge in [0.05, 0.1) is 38.6 Å². The Morgan fingerprint density at radius 2 is 1.76 bits per heavy atom. The first kappa shape index (κ1) is 22.7. The third-order valence-corrected chi connectivity index (χ3v) is 4.74. The lowest BCUT2D eigenvalue weighted by Crippen LogP contribution is -2.34. The highest BCUT2D eigenvalue weighted by atomic mass is 79.9. The van der Waals surface area contributed by atoms with Gasteiger partial charge in [-0.3, -0.25) is 9.59 Å². The lowest BCUT2D eigenvalue weighted by atomic mass is 10.2. The fraction of sp³-hybridized carbons (Fsp3) is 0.211. The van der Waals surface area contributed by atoms with Gasteiger partial charge in [0.2, 0.25) is 0 Å². The van der Waals surface area contributed by atoms with Crippen molar-refractivity contribution < 1.29 is 23.8 Å². The van der Waals surface area contributed by atoms with Crippen LogP contribution in [0.2, 0.25) is 0 Å². The zero-order chi connectivity index (χ0) is 21.4. The second-order valence-corrected chi connectivity index (χ2v) is 7.33. The van der Waals surface area contributed by atoms with Crippen LogP contribution in [0, 0.1) is 0 Å². The van der Waals surface area contributed by atoms with Crippen LogP contribution < -0.4 is 25.0 Å². The number of halogens is 2. The molecule has 2 N–H and O–H groups in total. The lowest BCUT2D eigenvalue weighted by Gasteiger charge is -2.10. The van der Waals surface area contributed by atoms with Gasteiger partial charge in [0.25, 0.3) is 11.8 Å². The van der Waals surface area contributed by atoms with E-state index in [0.717, 1.165) is 8.95 Å². The molecule has 2 amide bonds. The normalized spacial score (nSPS) is 10.5. The molecule has 2 aromatic carbocycles. The first-order chi connectivity index (χ1) is 13.9. The molecule has 0 bridgehead atoms. The number of ether oxygens (including phenoxy) is 3. The maximum absolute atomic E-state index is 12.2. The van der Waals surface area contributed by atoms with Crippen LogP contribution in [0.15, 0.2) is 44.4 Å². The van der Waals surface area contributed by atoms with E-state index >= 15 is 0 Å². The Kier molecular flexibility index (Phi) is 8.47. The molecule has 8 nitrogen and oxygen atoms in total. The van der Waals surface area contributed by atoms with Crippen LogP contribution in [0.1, 0.15) is 15.9 Å². The quantitative estimate of drug-likeness (QED) is 0.405. The van der Waals surface area contributed by atoms with Gasteiger partial charge in [0.1, 0.15) is 5.75 Å². The number of nitrogens with one attached hydrogen (secondary N) is 2.